The number of ketones is 1. The van der Waals surface area contributed by atoms with Crippen LogP contribution < -0.4 is 0 Å². The van der Waals surface area contributed by atoms with E-state index in [-0.39, 0.29) is 40.5 Å². The van der Waals surface area contributed by atoms with E-state index in [1.54, 1.807) is 27.0 Å². The number of esters is 2. The second-order valence-electron chi connectivity index (χ2n) is 13.6. The van der Waals surface area contributed by atoms with E-state index in [9.17, 15) is 19.5 Å². The number of rotatable bonds is 8. The van der Waals surface area contributed by atoms with Crippen molar-refractivity contribution in [3.63, 3.8) is 0 Å². The van der Waals surface area contributed by atoms with Crippen LogP contribution in [0.3, 0.4) is 0 Å². The summed E-state index contributed by atoms with van der Waals surface area (Å²) in [6.45, 7) is 15.1. The number of fused-ring (bicyclic) bond motifs is 3. The molecule has 0 aliphatic heterocycles. The van der Waals surface area contributed by atoms with Crippen molar-refractivity contribution in [3.8, 4) is 0 Å². The predicted octanol–water partition coefficient (Wildman–Crippen LogP) is 6.06. The maximum Gasteiger partial charge on any atom is 0.315 e. The summed E-state index contributed by atoms with van der Waals surface area (Å²) >= 11 is 0. The summed E-state index contributed by atoms with van der Waals surface area (Å²) in [5.74, 6) is -0.574. The van der Waals surface area contributed by atoms with Crippen molar-refractivity contribution in [2.45, 2.75) is 105 Å². The average Bonchev–Trinajstić information content (AvgIpc) is 3.15. The van der Waals surface area contributed by atoms with Gasteiger partial charge < -0.3 is 19.3 Å². The first kappa shape index (κ1) is 33.0. The molecule has 0 radical (unpaired) electrons. The summed E-state index contributed by atoms with van der Waals surface area (Å²) in [4.78, 5) is 38.9. The fraction of sp³-hybridized carbons (Fsp3) is 0.676. The van der Waals surface area contributed by atoms with E-state index in [4.69, 9.17) is 14.2 Å². The zero-order valence-electron chi connectivity index (χ0n) is 26.6. The molecule has 3 aliphatic carbocycles. The normalized spacial score (nSPS) is 36.2. The highest BCUT2D eigenvalue weighted by atomic mass is 16.6. The third kappa shape index (κ3) is 6.17. The number of hydrogen-bond donors (Lipinski definition) is 1. The Morgan fingerprint density at radius 2 is 1.71 bits per heavy atom. The van der Waals surface area contributed by atoms with Crippen LogP contribution in [0.25, 0.3) is 0 Å². The van der Waals surface area contributed by atoms with E-state index in [0.29, 0.717) is 12.8 Å². The van der Waals surface area contributed by atoms with Crippen LogP contribution in [0.15, 0.2) is 47.1 Å². The first-order valence-corrected chi connectivity index (χ1v) is 14.7. The Kier molecular flexibility index (Phi) is 9.66. The number of carbonyl (C=O) groups is 3. The SMILES string of the molecule is COC(=O)[C@@]1(C)[C@H](OC(C)=O)CC[C@]2(C)C3CC(=O)/C(=C(C)/C=C/C=C(\C)C(/C=C/C(C)(C)O)OC)[C@@]3(C)CC[C@@H]12. The van der Waals surface area contributed by atoms with Gasteiger partial charge >= 0.3 is 11.9 Å². The Labute approximate surface area is 246 Å². The molecule has 3 rings (SSSR count). The Hall–Kier alpha value is -2.51. The van der Waals surface area contributed by atoms with E-state index in [1.807, 2.05) is 45.1 Å². The van der Waals surface area contributed by atoms with E-state index in [0.717, 1.165) is 36.0 Å². The summed E-state index contributed by atoms with van der Waals surface area (Å²) in [6, 6.07) is 0. The van der Waals surface area contributed by atoms with Crippen molar-refractivity contribution in [1.29, 1.82) is 0 Å². The molecule has 0 amide bonds. The molecule has 0 heterocycles. The van der Waals surface area contributed by atoms with Gasteiger partial charge in [0.2, 0.25) is 0 Å². The predicted molar refractivity (Wildman–Crippen MR) is 159 cm³/mol. The van der Waals surface area contributed by atoms with Gasteiger partial charge in [0.15, 0.2) is 5.78 Å². The van der Waals surface area contributed by atoms with Crippen molar-refractivity contribution < 1.29 is 33.7 Å². The van der Waals surface area contributed by atoms with Crippen LogP contribution >= 0.6 is 0 Å². The summed E-state index contributed by atoms with van der Waals surface area (Å²) in [6.07, 6.45) is 12.0. The van der Waals surface area contributed by atoms with Gasteiger partial charge in [-0.3, -0.25) is 14.4 Å². The smallest absolute Gasteiger partial charge is 0.315 e. The lowest BCUT2D eigenvalue weighted by molar-refractivity contribution is -0.206. The van der Waals surface area contributed by atoms with Crippen LogP contribution in [-0.2, 0) is 28.6 Å². The molecule has 0 bridgehead atoms. The van der Waals surface area contributed by atoms with Gasteiger partial charge in [-0.2, -0.15) is 0 Å². The molecule has 3 fully saturated rings. The third-order valence-electron chi connectivity index (χ3n) is 10.3. The van der Waals surface area contributed by atoms with Gasteiger partial charge in [-0.15, -0.1) is 0 Å². The molecule has 41 heavy (non-hydrogen) atoms. The fourth-order valence-corrected chi connectivity index (χ4v) is 8.39. The van der Waals surface area contributed by atoms with E-state index < -0.39 is 23.1 Å². The molecule has 0 aromatic rings. The Bertz CT molecular complexity index is 1170. The molecule has 228 valence electrons. The van der Waals surface area contributed by atoms with Gasteiger partial charge in [0, 0.05) is 31.4 Å². The van der Waals surface area contributed by atoms with Crippen molar-refractivity contribution in [2.75, 3.05) is 14.2 Å². The molecular weight excluding hydrogens is 520 g/mol. The largest absolute Gasteiger partial charge is 0.468 e. The van der Waals surface area contributed by atoms with Crippen molar-refractivity contribution >= 4 is 17.7 Å². The molecule has 7 nitrogen and oxygen atoms in total. The van der Waals surface area contributed by atoms with Crippen LogP contribution in [0, 0.1) is 28.1 Å². The zero-order chi connectivity index (χ0) is 31.0. The van der Waals surface area contributed by atoms with Crippen LogP contribution in [0.5, 0.6) is 0 Å². The Morgan fingerprint density at radius 1 is 1.05 bits per heavy atom. The minimum Gasteiger partial charge on any atom is -0.468 e. The molecule has 0 spiro atoms. The van der Waals surface area contributed by atoms with Crippen molar-refractivity contribution in [1.82, 2.24) is 0 Å². The van der Waals surface area contributed by atoms with Gasteiger partial charge in [0.1, 0.15) is 11.5 Å². The first-order valence-electron chi connectivity index (χ1n) is 14.7. The molecule has 7 atom stereocenters. The summed E-state index contributed by atoms with van der Waals surface area (Å²) in [5, 5.41) is 10.0. The second-order valence-corrected chi connectivity index (χ2v) is 13.6. The number of aliphatic hydroxyl groups is 1. The number of ether oxygens (including phenoxy) is 3. The molecular formula is C34H50O7. The molecule has 1 N–H and O–H groups in total. The number of Topliss-reactive ketones (excluding diaryl/α,β-unsaturated/α-hetero) is 1. The standard InChI is InChI=1S/C34H50O7/c1-21(25(39-9)14-17-31(4,5)38)12-11-13-22(2)29-24(36)20-27-32(6)19-16-28(41-23(3)35)34(8,30(37)40-10)26(32)15-18-33(27,29)7/h11-14,17,25-28,38H,15-16,18-20H2,1-10H3/b13-11+,17-14+,21-12+,29-22-/t25?,26-,27?,28-,32+,33+,34-/m1/s1. The maximum absolute atomic E-state index is 13.7. The summed E-state index contributed by atoms with van der Waals surface area (Å²) in [5.41, 5.74) is 0.316. The van der Waals surface area contributed by atoms with Crippen molar-refractivity contribution in [3.05, 3.63) is 47.1 Å². The Morgan fingerprint density at radius 3 is 2.27 bits per heavy atom. The molecule has 0 saturated heterocycles. The maximum atomic E-state index is 13.7. The second kappa shape index (κ2) is 12.0. The quantitative estimate of drug-likeness (QED) is 0.164. The van der Waals surface area contributed by atoms with Crippen LogP contribution in [-0.4, -0.2) is 54.9 Å². The monoisotopic (exact) mass is 570 g/mol. The lowest BCUT2D eigenvalue weighted by atomic mass is 9.42. The minimum atomic E-state index is -0.973. The molecule has 3 saturated carbocycles. The molecule has 0 aromatic carbocycles. The highest BCUT2D eigenvalue weighted by Crippen LogP contribution is 2.69. The lowest BCUT2D eigenvalue weighted by Crippen LogP contribution is -2.62. The van der Waals surface area contributed by atoms with Gasteiger partial charge in [0.05, 0.1) is 18.8 Å². The highest BCUT2D eigenvalue weighted by Gasteiger charge is 2.68. The topological polar surface area (TPSA) is 99.1 Å². The summed E-state index contributed by atoms with van der Waals surface area (Å²) in [7, 11) is 3.02. The van der Waals surface area contributed by atoms with Crippen LogP contribution in [0.2, 0.25) is 0 Å². The lowest BCUT2D eigenvalue weighted by Gasteiger charge is -2.61. The third-order valence-corrected chi connectivity index (χ3v) is 10.3. The van der Waals surface area contributed by atoms with Gasteiger partial charge in [-0.05, 0) is 88.7 Å². The molecule has 7 heteroatoms. The molecule has 2 unspecified atom stereocenters. The summed E-state index contributed by atoms with van der Waals surface area (Å²) < 4.78 is 16.6. The van der Waals surface area contributed by atoms with Gasteiger partial charge in [0.25, 0.3) is 0 Å². The Balaban J connectivity index is 1.95. The number of carbonyl (C=O) groups excluding carboxylic acids is 3. The van der Waals surface area contributed by atoms with Crippen molar-refractivity contribution in [2.24, 2.45) is 28.1 Å². The number of hydrogen-bond acceptors (Lipinski definition) is 7. The van der Waals surface area contributed by atoms with Crippen LogP contribution in [0.4, 0.5) is 0 Å². The highest BCUT2D eigenvalue weighted by molar-refractivity contribution is 6.01. The van der Waals surface area contributed by atoms with E-state index >= 15 is 0 Å². The minimum absolute atomic E-state index is 0.0731. The molecule has 3 aliphatic rings. The van der Waals surface area contributed by atoms with E-state index in [2.05, 4.69) is 13.8 Å². The molecule has 0 aromatic heterocycles. The average molecular weight is 571 g/mol. The number of allylic oxidation sites excluding steroid dienone is 5. The fourth-order valence-electron chi connectivity index (χ4n) is 8.39. The number of methoxy groups -OCH3 is 2. The zero-order valence-corrected chi connectivity index (χ0v) is 26.6. The first-order chi connectivity index (χ1) is 19.0. The van der Waals surface area contributed by atoms with Gasteiger partial charge in [-0.25, -0.2) is 0 Å². The van der Waals surface area contributed by atoms with Gasteiger partial charge in [-0.1, -0.05) is 44.2 Å². The van der Waals surface area contributed by atoms with Crippen LogP contribution in [0.1, 0.15) is 87.5 Å². The van der Waals surface area contributed by atoms with E-state index in [1.165, 1.54) is 14.0 Å².